The third-order valence-corrected chi connectivity index (χ3v) is 3.65. The van der Waals surface area contributed by atoms with Gasteiger partial charge in [0.25, 0.3) is 0 Å². The molecule has 0 radical (unpaired) electrons. The number of amides is 1. The van der Waals surface area contributed by atoms with Crippen LogP contribution in [0, 0.1) is 0 Å². The SMILES string of the molecule is O=C(NC1CCOCC1)OCc1ccc(-c2noc(C(F)(F)F)n2)cn1.[HH]. The van der Waals surface area contributed by atoms with Gasteiger partial charge in [-0.1, -0.05) is 5.16 Å². The molecule has 0 atom stereocenters. The smallest absolute Gasteiger partial charge is 0.443 e. The molecule has 1 fully saturated rings. The highest BCUT2D eigenvalue weighted by Gasteiger charge is 2.38. The molecule has 0 spiro atoms. The van der Waals surface area contributed by atoms with E-state index < -0.39 is 18.2 Å². The Morgan fingerprint density at radius 3 is 2.73 bits per heavy atom. The molecule has 2 aromatic rings. The van der Waals surface area contributed by atoms with Crippen LogP contribution in [0.1, 0.15) is 25.9 Å². The largest absolute Gasteiger partial charge is 0.471 e. The van der Waals surface area contributed by atoms with Crippen LogP contribution in [-0.4, -0.2) is 40.5 Å². The van der Waals surface area contributed by atoms with Crippen LogP contribution in [0.25, 0.3) is 11.4 Å². The van der Waals surface area contributed by atoms with Gasteiger partial charge in [0.15, 0.2) is 0 Å². The first-order chi connectivity index (χ1) is 12.4. The summed E-state index contributed by atoms with van der Waals surface area (Å²) >= 11 is 0. The fraction of sp³-hybridized carbons (Fsp3) is 0.467. The maximum absolute atomic E-state index is 12.5. The summed E-state index contributed by atoms with van der Waals surface area (Å²) in [5.41, 5.74) is 0.676. The van der Waals surface area contributed by atoms with Gasteiger partial charge >= 0.3 is 18.2 Å². The molecule has 0 unspecified atom stereocenters. The van der Waals surface area contributed by atoms with E-state index in [1.807, 2.05) is 0 Å². The van der Waals surface area contributed by atoms with E-state index in [9.17, 15) is 18.0 Å². The molecule has 26 heavy (non-hydrogen) atoms. The number of aromatic nitrogens is 3. The normalized spacial score (nSPS) is 15.7. The van der Waals surface area contributed by atoms with E-state index in [4.69, 9.17) is 9.47 Å². The quantitative estimate of drug-likeness (QED) is 0.878. The molecule has 0 aromatic carbocycles. The Labute approximate surface area is 147 Å². The lowest BCUT2D eigenvalue weighted by Gasteiger charge is -2.22. The predicted octanol–water partition coefficient (Wildman–Crippen LogP) is 2.80. The molecular formula is C15H17F3N4O4. The number of hydrogen-bond donors (Lipinski definition) is 1. The van der Waals surface area contributed by atoms with E-state index in [1.165, 1.54) is 18.3 Å². The maximum Gasteiger partial charge on any atom is 0.471 e. The van der Waals surface area contributed by atoms with Gasteiger partial charge in [-0.05, 0) is 25.0 Å². The fourth-order valence-corrected chi connectivity index (χ4v) is 2.29. The Bertz CT molecular complexity index is 748. The van der Waals surface area contributed by atoms with Gasteiger partial charge in [0, 0.05) is 32.4 Å². The van der Waals surface area contributed by atoms with Gasteiger partial charge < -0.3 is 19.3 Å². The van der Waals surface area contributed by atoms with E-state index in [-0.39, 0.29) is 25.5 Å². The van der Waals surface area contributed by atoms with Crippen molar-refractivity contribution in [2.45, 2.75) is 31.7 Å². The minimum absolute atomic E-state index is 0. The Hall–Kier alpha value is -2.69. The fourth-order valence-electron chi connectivity index (χ4n) is 2.29. The minimum Gasteiger partial charge on any atom is -0.443 e. The first-order valence-electron chi connectivity index (χ1n) is 7.79. The van der Waals surface area contributed by atoms with Crippen molar-refractivity contribution in [2.75, 3.05) is 13.2 Å². The highest BCUT2D eigenvalue weighted by atomic mass is 19.4. The Morgan fingerprint density at radius 1 is 1.35 bits per heavy atom. The number of nitrogens with one attached hydrogen (secondary N) is 1. The molecule has 11 heteroatoms. The van der Waals surface area contributed by atoms with Crippen LogP contribution in [0.15, 0.2) is 22.9 Å². The molecule has 0 bridgehead atoms. The van der Waals surface area contributed by atoms with Gasteiger partial charge in [0.1, 0.15) is 6.61 Å². The van der Waals surface area contributed by atoms with Crippen molar-refractivity contribution in [1.82, 2.24) is 20.4 Å². The van der Waals surface area contributed by atoms with Gasteiger partial charge in [0.2, 0.25) is 5.82 Å². The average molecular weight is 374 g/mol. The molecule has 0 aliphatic carbocycles. The number of rotatable bonds is 4. The Kier molecular flexibility index (Phi) is 5.35. The summed E-state index contributed by atoms with van der Waals surface area (Å²) in [5, 5.41) is 6.01. The van der Waals surface area contributed by atoms with Gasteiger partial charge in [0.05, 0.1) is 5.69 Å². The third-order valence-electron chi connectivity index (χ3n) is 3.65. The highest BCUT2D eigenvalue weighted by molar-refractivity contribution is 5.67. The van der Waals surface area contributed by atoms with Gasteiger partial charge in [-0.25, -0.2) is 4.79 Å². The molecule has 2 aromatic heterocycles. The van der Waals surface area contributed by atoms with Crippen LogP contribution in [0.3, 0.4) is 0 Å². The van der Waals surface area contributed by atoms with E-state index in [1.54, 1.807) is 0 Å². The number of pyridine rings is 1. The lowest BCUT2D eigenvalue weighted by atomic mass is 10.1. The van der Waals surface area contributed by atoms with Crippen molar-refractivity contribution in [1.29, 1.82) is 0 Å². The maximum atomic E-state index is 12.5. The zero-order valence-electron chi connectivity index (χ0n) is 13.5. The third kappa shape index (κ3) is 4.69. The van der Waals surface area contributed by atoms with Crippen LogP contribution in [0.4, 0.5) is 18.0 Å². The first kappa shape index (κ1) is 18.1. The van der Waals surface area contributed by atoms with Crippen LogP contribution in [0.2, 0.25) is 0 Å². The lowest BCUT2D eigenvalue weighted by molar-refractivity contribution is -0.159. The minimum atomic E-state index is -4.70. The van der Waals surface area contributed by atoms with Crippen molar-refractivity contribution in [3.8, 4) is 11.4 Å². The number of alkyl halides is 3. The molecule has 3 heterocycles. The number of carbonyl (C=O) groups excluding carboxylic acids is 1. The number of halogens is 3. The average Bonchev–Trinajstić information content (AvgIpc) is 3.12. The van der Waals surface area contributed by atoms with Gasteiger partial charge in [-0.3, -0.25) is 4.98 Å². The van der Waals surface area contributed by atoms with Crippen molar-refractivity contribution in [3.05, 3.63) is 29.9 Å². The van der Waals surface area contributed by atoms with Crippen LogP contribution in [0.5, 0.6) is 0 Å². The van der Waals surface area contributed by atoms with Crippen LogP contribution < -0.4 is 5.32 Å². The van der Waals surface area contributed by atoms with Crippen molar-refractivity contribution >= 4 is 6.09 Å². The molecule has 1 N–H and O–H groups in total. The second kappa shape index (κ2) is 7.68. The van der Waals surface area contributed by atoms with Crippen molar-refractivity contribution < 1.29 is 33.4 Å². The molecule has 1 aliphatic heterocycles. The monoisotopic (exact) mass is 374 g/mol. The van der Waals surface area contributed by atoms with E-state index >= 15 is 0 Å². The first-order valence-corrected chi connectivity index (χ1v) is 7.79. The summed E-state index contributed by atoms with van der Waals surface area (Å²) < 4.78 is 51.8. The van der Waals surface area contributed by atoms with E-state index in [2.05, 4.69) is 25.0 Å². The summed E-state index contributed by atoms with van der Waals surface area (Å²) in [5.74, 6) is -1.65. The van der Waals surface area contributed by atoms with Crippen LogP contribution >= 0.6 is 0 Å². The van der Waals surface area contributed by atoms with Gasteiger partial charge in [-0.15, -0.1) is 0 Å². The summed E-state index contributed by atoms with van der Waals surface area (Å²) in [4.78, 5) is 19.0. The number of ether oxygens (including phenoxy) is 2. The Morgan fingerprint density at radius 2 is 2.12 bits per heavy atom. The second-order valence-corrected chi connectivity index (χ2v) is 5.57. The number of carbonyl (C=O) groups is 1. The molecule has 142 valence electrons. The molecule has 1 saturated heterocycles. The zero-order valence-corrected chi connectivity index (χ0v) is 13.5. The number of hydrogen-bond acceptors (Lipinski definition) is 7. The molecule has 8 nitrogen and oxygen atoms in total. The Balaban J connectivity index is 0.00000261. The van der Waals surface area contributed by atoms with E-state index in [0.717, 1.165) is 12.8 Å². The standard InChI is InChI=1S/C15H15F3N4O4.H2/c16-15(17,18)13-21-12(22-26-13)9-1-2-11(19-7-9)8-25-14(23)20-10-3-5-24-6-4-10;/h1-2,7,10H,3-6,8H2,(H,20,23);1H. The molecule has 1 amide bonds. The summed E-state index contributed by atoms with van der Waals surface area (Å²) in [6.07, 6.45) is -2.53. The summed E-state index contributed by atoms with van der Waals surface area (Å²) in [7, 11) is 0. The lowest BCUT2D eigenvalue weighted by Crippen LogP contribution is -2.39. The van der Waals surface area contributed by atoms with Gasteiger partial charge in [-0.2, -0.15) is 18.2 Å². The second-order valence-electron chi connectivity index (χ2n) is 5.57. The molecule has 1 aliphatic rings. The van der Waals surface area contributed by atoms with Crippen LogP contribution in [-0.2, 0) is 22.3 Å². The summed E-state index contributed by atoms with van der Waals surface area (Å²) in [6, 6.07) is 2.99. The van der Waals surface area contributed by atoms with Crippen molar-refractivity contribution in [3.63, 3.8) is 0 Å². The molecular weight excluding hydrogens is 357 g/mol. The van der Waals surface area contributed by atoms with E-state index in [0.29, 0.717) is 18.9 Å². The number of nitrogens with zero attached hydrogens (tertiary/aromatic N) is 3. The predicted molar refractivity (Wildman–Crippen MR) is 81.8 cm³/mol. The van der Waals surface area contributed by atoms with Crippen molar-refractivity contribution in [2.24, 2.45) is 0 Å². The summed E-state index contributed by atoms with van der Waals surface area (Å²) in [6.45, 7) is 1.12. The zero-order chi connectivity index (χ0) is 18.6. The topological polar surface area (TPSA) is 99.4 Å². The number of alkyl carbamates (subject to hydrolysis) is 1. The molecule has 3 rings (SSSR count). The highest BCUT2D eigenvalue weighted by Crippen LogP contribution is 2.29. The molecule has 0 saturated carbocycles.